The lowest BCUT2D eigenvalue weighted by atomic mass is 9.84. The van der Waals surface area contributed by atoms with E-state index in [1.54, 1.807) is 45.0 Å². The van der Waals surface area contributed by atoms with E-state index < -0.39 is 65.5 Å². The Balaban J connectivity index is 1.31. The number of carbonyl (C=O) groups excluding carboxylic acids is 6. The van der Waals surface area contributed by atoms with Gasteiger partial charge in [-0.1, -0.05) is 111 Å². The quantitative estimate of drug-likeness (QED) is 0.0666. The molecule has 0 spiro atoms. The number of unbranched alkanes of at least 4 members (excludes halogenated alkanes) is 1. The van der Waals surface area contributed by atoms with E-state index in [2.05, 4.69) is 16.0 Å². The van der Waals surface area contributed by atoms with Crippen LogP contribution in [0.15, 0.2) is 91.0 Å². The summed E-state index contributed by atoms with van der Waals surface area (Å²) in [5.74, 6) is -2.30. The Morgan fingerprint density at radius 1 is 0.672 bits per heavy atom. The first kappa shape index (κ1) is 46.3. The number of ether oxygens (including phenoxy) is 3. The molecule has 4 amide bonds. The Bertz CT molecular complexity index is 1880. The number of nitrogens with one attached hydrogen (secondary N) is 3. The van der Waals surface area contributed by atoms with Crippen molar-refractivity contribution < 1.29 is 43.0 Å². The molecule has 1 heterocycles. The Morgan fingerprint density at radius 2 is 1.28 bits per heavy atom. The second-order valence-electron chi connectivity index (χ2n) is 17.0. The zero-order valence-electron chi connectivity index (χ0n) is 35.8. The van der Waals surface area contributed by atoms with E-state index in [0.717, 1.165) is 43.2 Å². The normalized spacial score (nSPS) is 17.0. The van der Waals surface area contributed by atoms with Crippen LogP contribution in [-0.4, -0.2) is 83.6 Å². The molecular weight excluding hydrogens is 777 g/mol. The Labute approximate surface area is 359 Å². The van der Waals surface area contributed by atoms with E-state index in [1.165, 1.54) is 4.90 Å². The largest absolute Gasteiger partial charge is 0.462 e. The standard InChI is InChI=1S/C48H62N4O9/c1-48(2,3)61-47(58)51-38(27-16-17-30-59-45(56)37-25-14-7-15-26-37)42(53)49-39(31-34-19-8-4-9-20-34)43(54)50-40(32-35-21-10-5-11-22-35)44(55)52-29-18-28-41(52)46(57)60-33-36-23-12-6-13-24-36/h5-7,10-15,21-26,34,38-41H,4,8-9,16-20,27-33H2,1-3H3,(H,49,53)(H,50,54)(H,51,58)/t38-,39+,40-,41+/m0/s1. The van der Waals surface area contributed by atoms with E-state index in [0.29, 0.717) is 44.2 Å². The molecule has 2 aliphatic rings. The molecule has 0 radical (unpaired) electrons. The molecule has 0 bridgehead atoms. The van der Waals surface area contributed by atoms with Gasteiger partial charge in [0.2, 0.25) is 17.7 Å². The summed E-state index contributed by atoms with van der Waals surface area (Å²) < 4.78 is 16.6. The van der Waals surface area contributed by atoms with Gasteiger partial charge in [0.05, 0.1) is 12.2 Å². The molecule has 13 nitrogen and oxygen atoms in total. The molecular formula is C48H62N4O9. The van der Waals surface area contributed by atoms with E-state index >= 15 is 0 Å². The molecule has 5 rings (SSSR count). The molecule has 1 aliphatic carbocycles. The molecule has 1 aliphatic heterocycles. The summed E-state index contributed by atoms with van der Waals surface area (Å²) in [6.07, 6.45) is 6.68. The van der Waals surface area contributed by atoms with Crippen LogP contribution in [0.25, 0.3) is 0 Å². The summed E-state index contributed by atoms with van der Waals surface area (Å²) in [5.41, 5.74) is 1.25. The summed E-state index contributed by atoms with van der Waals surface area (Å²) in [6.45, 7) is 5.68. The Hall–Kier alpha value is -5.72. The summed E-state index contributed by atoms with van der Waals surface area (Å²) in [5, 5.41) is 8.63. The topological polar surface area (TPSA) is 169 Å². The molecule has 61 heavy (non-hydrogen) atoms. The van der Waals surface area contributed by atoms with Crippen LogP contribution < -0.4 is 16.0 Å². The first-order valence-corrected chi connectivity index (χ1v) is 21.7. The molecule has 1 saturated carbocycles. The van der Waals surface area contributed by atoms with Gasteiger partial charge in [-0.15, -0.1) is 0 Å². The van der Waals surface area contributed by atoms with Gasteiger partial charge in [-0.25, -0.2) is 14.4 Å². The number of carbonyl (C=O) groups is 6. The van der Waals surface area contributed by atoms with Crippen molar-refractivity contribution in [3.8, 4) is 0 Å². The summed E-state index contributed by atoms with van der Waals surface area (Å²) in [4.78, 5) is 83.5. The summed E-state index contributed by atoms with van der Waals surface area (Å²) >= 11 is 0. The van der Waals surface area contributed by atoms with Crippen LogP contribution in [0, 0.1) is 5.92 Å². The molecule has 3 N–H and O–H groups in total. The van der Waals surface area contributed by atoms with Crippen LogP contribution >= 0.6 is 0 Å². The highest BCUT2D eigenvalue weighted by Gasteiger charge is 2.40. The van der Waals surface area contributed by atoms with Crippen molar-refractivity contribution in [3.05, 3.63) is 108 Å². The number of esters is 2. The van der Waals surface area contributed by atoms with E-state index in [1.807, 2.05) is 66.7 Å². The van der Waals surface area contributed by atoms with Crippen molar-refractivity contribution in [2.24, 2.45) is 5.92 Å². The number of hydrogen-bond donors (Lipinski definition) is 3. The highest BCUT2D eigenvalue weighted by Crippen LogP contribution is 2.28. The second kappa shape index (κ2) is 23.3. The van der Waals surface area contributed by atoms with Crippen molar-refractivity contribution >= 4 is 35.8 Å². The van der Waals surface area contributed by atoms with Crippen molar-refractivity contribution in [1.29, 1.82) is 0 Å². The average molecular weight is 839 g/mol. The van der Waals surface area contributed by atoms with Gasteiger partial charge in [0.1, 0.15) is 36.4 Å². The Morgan fingerprint density at radius 3 is 1.93 bits per heavy atom. The smallest absolute Gasteiger partial charge is 0.408 e. The molecule has 1 saturated heterocycles. The lowest BCUT2D eigenvalue weighted by Crippen LogP contribution is -2.58. The third-order valence-corrected chi connectivity index (χ3v) is 11.0. The van der Waals surface area contributed by atoms with Gasteiger partial charge < -0.3 is 35.1 Å². The number of benzene rings is 3. The van der Waals surface area contributed by atoms with Crippen LogP contribution in [0.1, 0.15) is 113 Å². The molecule has 0 unspecified atom stereocenters. The van der Waals surface area contributed by atoms with E-state index in [-0.39, 0.29) is 32.0 Å². The maximum atomic E-state index is 14.5. The fraction of sp³-hybridized carbons (Fsp3) is 0.500. The van der Waals surface area contributed by atoms with Gasteiger partial charge in [-0.3, -0.25) is 14.4 Å². The minimum Gasteiger partial charge on any atom is -0.462 e. The van der Waals surface area contributed by atoms with E-state index in [9.17, 15) is 28.8 Å². The van der Waals surface area contributed by atoms with Gasteiger partial charge in [-0.05, 0) is 88.5 Å². The summed E-state index contributed by atoms with van der Waals surface area (Å²) in [7, 11) is 0. The van der Waals surface area contributed by atoms with Crippen LogP contribution in [0.3, 0.4) is 0 Å². The van der Waals surface area contributed by atoms with Crippen molar-refractivity contribution in [3.63, 3.8) is 0 Å². The maximum Gasteiger partial charge on any atom is 0.408 e. The number of amides is 4. The van der Waals surface area contributed by atoms with Crippen LogP contribution in [0.2, 0.25) is 0 Å². The monoisotopic (exact) mass is 838 g/mol. The number of nitrogens with zero attached hydrogens (tertiary/aromatic N) is 1. The molecule has 328 valence electrons. The van der Waals surface area contributed by atoms with Crippen LogP contribution in [-0.2, 0) is 46.4 Å². The predicted octanol–water partition coefficient (Wildman–Crippen LogP) is 6.82. The first-order valence-electron chi connectivity index (χ1n) is 21.7. The number of hydrogen-bond acceptors (Lipinski definition) is 9. The van der Waals surface area contributed by atoms with Gasteiger partial charge >= 0.3 is 18.0 Å². The molecule has 0 aromatic heterocycles. The minimum absolute atomic E-state index is 0.0798. The molecule has 4 atom stereocenters. The van der Waals surface area contributed by atoms with Crippen LogP contribution in [0.5, 0.6) is 0 Å². The number of likely N-dealkylation sites (tertiary alicyclic amines) is 1. The lowest BCUT2D eigenvalue weighted by molar-refractivity contribution is -0.155. The Kier molecular flexibility index (Phi) is 17.7. The van der Waals surface area contributed by atoms with E-state index in [4.69, 9.17) is 14.2 Å². The maximum absolute atomic E-state index is 14.5. The van der Waals surface area contributed by atoms with Crippen LogP contribution in [0.4, 0.5) is 4.79 Å². The fourth-order valence-corrected chi connectivity index (χ4v) is 7.87. The average Bonchev–Trinajstić information content (AvgIpc) is 3.75. The third-order valence-electron chi connectivity index (χ3n) is 11.0. The molecule has 2 fully saturated rings. The van der Waals surface area contributed by atoms with Gasteiger partial charge in [-0.2, -0.15) is 0 Å². The van der Waals surface area contributed by atoms with Crippen molar-refractivity contribution in [1.82, 2.24) is 20.9 Å². The predicted molar refractivity (Wildman–Crippen MR) is 230 cm³/mol. The lowest BCUT2D eigenvalue weighted by Gasteiger charge is -2.31. The molecule has 3 aromatic carbocycles. The number of alkyl carbamates (subject to hydrolysis) is 1. The first-order chi connectivity index (χ1) is 29.4. The zero-order valence-corrected chi connectivity index (χ0v) is 35.8. The van der Waals surface area contributed by atoms with Crippen molar-refractivity contribution in [2.45, 2.75) is 134 Å². The van der Waals surface area contributed by atoms with Gasteiger partial charge in [0, 0.05) is 13.0 Å². The number of rotatable bonds is 19. The third kappa shape index (κ3) is 15.4. The summed E-state index contributed by atoms with van der Waals surface area (Å²) in [6, 6.07) is 23.4. The molecule has 13 heteroatoms. The SMILES string of the molecule is CC(C)(C)OC(=O)N[C@@H](CCCCOC(=O)c1ccccc1)C(=O)N[C@H](CC1CCCCC1)C(=O)N[C@@H](Cc1ccccc1)C(=O)N1CCC[C@@H]1C(=O)OCc1ccccc1. The highest BCUT2D eigenvalue weighted by molar-refractivity contribution is 5.95. The van der Waals surface area contributed by atoms with Crippen molar-refractivity contribution in [2.75, 3.05) is 13.2 Å². The fourth-order valence-electron chi connectivity index (χ4n) is 7.87. The highest BCUT2D eigenvalue weighted by atomic mass is 16.6. The minimum atomic E-state index is -1.07. The second-order valence-corrected chi connectivity index (χ2v) is 17.0. The zero-order chi connectivity index (χ0) is 43.6. The van der Waals surface area contributed by atoms with Gasteiger partial charge in [0.25, 0.3) is 0 Å². The molecule has 3 aromatic rings. The van der Waals surface area contributed by atoms with Gasteiger partial charge in [0.15, 0.2) is 0 Å².